The fraction of sp³-hybridized carbons (Fsp3) is 0.286. The van der Waals surface area contributed by atoms with Crippen LogP contribution in [-0.2, 0) is 4.79 Å². The second kappa shape index (κ2) is 9.20. The minimum atomic E-state index is -0.226. The highest BCUT2D eigenvalue weighted by Gasteiger charge is 2.21. The van der Waals surface area contributed by atoms with Gasteiger partial charge in [-0.2, -0.15) is 0 Å². The molecule has 1 atom stereocenters. The number of carbonyl (C=O) groups is 1. The lowest BCUT2D eigenvalue weighted by molar-refractivity contribution is -0.117. The molecule has 1 aromatic heterocycles. The molecule has 1 amide bonds. The van der Waals surface area contributed by atoms with Gasteiger partial charge in [-0.1, -0.05) is 0 Å². The molecule has 0 fully saturated rings. The minimum absolute atomic E-state index is 0.139. The molecule has 0 unspecified atom stereocenters. The van der Waals surface area contributed by atoms with Gasteiger partial charge in [0.1, 0.15) is 11.5 Å². The van der Waals surface area contributed by atoms with Crippen molar-refractivity contribution in [3.63, 3.8) is 0 Å². The number of nitrogens with zero attached hydrogens (tertiary/aromatic N) is 3. The van der Waals surface area contributed by atoms with Gasteiger partial charge in [0.05, 0.1) is 26.8 Å². The summed E-state index contributed by atoms with van der Waals surface area (Å²) in [5, 5.41) is 11.1. The van der Waals surface area contributed by atoms with Crippen molar-refractivity contribution in [3.05, 3.63) is 54.4 Å². The summed E-state index contributed by atoms with van der Waals surface area (Å²) >= 11 is 0. The predicted octanol–water partition coefficient (Wildman–Crippen LogP) is 3.39. The van der Waals surface area contributed by atoms with Crippen LogP contribution in [0.5, 0.6) is 11.5 Å². The van der Waals surface area contributed by atoms with Gasteiger partial charge in [0.2, 0.25) is 17.7 Å². The van der Waals surface area contributed by atoms with Gasteiger partial charge in [0.15, 0.2) is 0 Å². The quantitative estimate of drug-likeness (QED) is 0.624. The molecule has 29 heavy (non-hydrogen) atoms. The highest BCUT2D eigenvalue weighted by Crippen LogP contribution is 2.25. The Balaban J connectivity index is 1.59. The van der Waals surface area contributed by atoms with Crippen LogP contribution in [0.4, 0.5) is 5.69 Å². The van der Waals surface area contributed by atoms with Crippen molar-refractivity contribution < 1.29 is 18.7 Å². The third-order valence-electron chi connectivity index (χ3n) is 4.56. The highest BCUT2D eigenvalue weighted by atomic mass is 16.5. The summed E-state index contributed by atoms with van der Waals surface area (Å²) in [6.45, 7) is 2.08. The number of anilines is 1. The molecule has 2 aromatic carbocycles. The molecule has 3 aromatic rings. The number of likely N-dealkylation sites (N-methyl/N-ethyl adjacent to an activating group) is 1. The van der Waals surface area contributed by atoms with E-state index in [0.717, 1.165) is 17.1 Å². The molecule has 0 aliphatic rings. The number of nitrogens with one attached hydrogen (secondary N) is 1. The SMILES string of the molecule is COc1ccc(NC(=O)CN(C)[C@H](C)c2nnc(-c3ccc(OC)cc3)o2)cc1. The van der Waals surface area contributed by atoms with Crippen LogP contribution in [0, 0.1) is 0 Å². The van der Waals surface area contributed by atoms with Crippen molar-refractivity contribution in [2.45, 2.75) is 13.0 Å². The Hall–Kier alpha value is -3.39. The number of hydrogen-bond donors (Lipinski definition) is 1. The fourth-order valence-electron chi connectivity index (χ4n) is 2.68. The van der Waals surface area contributed by atoms with Crippen LogP contribution in [0.1, 0.15) is 18.9 Å². The van der Waals surface area contributed by atoms with Crippen molar-refractivity contribution >= 4 is 11.6 Å². The van der Waals surface area contributed by atoms with Crippen molar-refractivity contribution in [1.82, 2.24) is 15.1 Å². The zero-order valence-corrected chi connectivity index (χ0v) is 16.9. The first-order valence-corrected chi connectivity index (χ1v) is 9.12. The first-order valence-electron chi connectivity index (χ1n) is 9.12. The molecule has 152 valence electrons. The van der Waals surface area contributed by atoms with Crippen molar-refractivity contribution in [2.75, 3.05) is 33.1 Å². The summed E-state index contributed by atoms with van der Waals surface area (Å²) in [7, 11) is 5.04. The molecule has 0 bridgehead atoms. The number of carbonyl (C=O) groups excluding carboxylic acids is 1. The summed E-state index contributed by atoms with van der Waals surface area (Å²) in [6.07, 6.45) is 0. The van der Waals surface area contributed by atoms with E-state index in [1.54, 1.807) is 38.5 Å². The van der Waals surface area contributed by atoms with E-state index in [9.17, 15) is 4.79 Å². The lowest BCUT2D eigenvalue weighted by Gasteiger charge is -2.21. The molecule has 0 aliphatic heterocycles. The normalized spacial score (nSPS) is 11.9. The smallest absolute Gasteiger partial charge is 0.247 e. The second-order valence-corrected chi connectivity index (χ2v) is 6.54. The predicted molar refractivity (Wildman–Crippen MR) is 109 cm³/mol. The van der Waals surface area contributed by atoms with E-state index in [1.165, 1.54) is 0 Å². The maximum atomic E-state index is 12.3. The Labute approximate surface area is 169 Å². The largest absolute Gasteiger partial charge is 0.497 e. The topological polar surface area (TPSA) is 89.7 Å². The van der Waals surface area contributed by atoms with Crippen LogP contribution >= 0.6 is 0 Å². The zero-order chi connectivity index (χ0) is 20.8. The number of aromatic nitrogens is 2. The Kier molecular flexibility index (Phi) is 6.46. The third kappa shape index (κ3) is 5.11. The maximum Gasteiger partial charge on any atom is 0.247 e. The first-order chi connectivity index (χ1) is 14.0. The van der Waals surface area contributed by atoms with E-state index >= 15 is 0 Å². The molecular weight excluding hydrogens is 372 g/mol. The Morgan fingerprint density at radius 3 is 2.21 bits per heavy atom. The van der Waals surface area contributed by atoms with Gasteiger partial charge in [-0.25, -0.2) is 0 Å². The monoisotopic (exact) mass is 396 g/mol. The Morgan fingerprint density at radius 1 is 1.03 bits per heavy atom. The number of amides is 1. The lowest BCUT2D eigenvalue weighted by Crippen LogP contribution is -2.32. The number of ether oxygens (including phenoxy) is 2. The van der Waals surface area contributed by atoms with E-state index in [1.807, 2.05) is 43.1 Å². The molecule has 0 saturated carbocycles. The number of rotatable bonds is 8. The third-order valence-corrected chi connectivity index (χ3v) is 4.56. The molecule has 8 nitrogen and oxygen atoms in total. The molecule has 0 aliphatic carbocycles. The molecule has 1 heterocycles. The van der Waals surface area contributed by atoms with E-state index in [2.05, 4.69) is 15.5 Å². The fourth-order valence-corrected chi connectivity index (χ4v) is 2.68. The second-order valence-electron chi connectivity index (χ2n) is 6.54. The molecule has 3 rings (SSSR count). The standard InChI is InChI=1S/C21H24N4O4/c1-14(20-23-24-21(29-20)15-5-9-17(27-3)10-6-15)25(2)13-19(26)22-16-7-11-18(28-4)12-8-16/h5-12,14H,13H2,1-4H3,(H,22,26)/t14-/m1/s1. The summed E-state index contributed by atoms with van der Waals surface area (Å²) in [6, 6.07) is 14.3. The van der Waals surface area contributed by atoms with Gasteiger partial charge in [-0.05, 0) is 62.5 Å². The van der Waals surface area contributed by atoms with Gasteiger partial charge in [0.25, 0.3) is 0 Å². The van der Waals surface area contributed by atoms with E-state index in [4.69, 9.17) is 13.9 Å². The first kappa shape index (κ1) is 20.3. The number of methoxy groups -OCH3 is 2. The average molecular weight is 396 g/mol. The minimum Gasteiger partial charge on any atom is -0.497 e. The molecular formula is C21H24N4O4. The molecule has 0 spiro atoms. The summed E-state index contributed by atoms with van der Waals surface area (Å²) in [4.78, 5) is 14.2. The van der Waals surface area contributed by atoms with E-state index < -0.39 is 0 Å². The van der Waals surface area contributed by atoms with Crippen LogP contribution < -0.4 is 14.8 Å². The zero-order valence-electron chi connectivity index (χ0n) is 16.9. The Bertz CT molecular complexity index is 938. The maximum absolute atomic E-state index is 12.3. The molecule has 8 heteroatoms. The summed E-state index contributed by atoms with van der Waals surface area (Å²) < 4.78 is 16.1. The summed E-state index contributed by atoms with van der Waals surface area (Å²) in [5.41, 5.74) is 1.51. The van der Waals surface area contributed by atoms with Crippen molar-refractivity contribution in [1.29, 1.82) is 0 Å². The van der Waals surface area contributed by atoms with Crippen LogP contribution in [0.3, 0.4) is 0 Å². The number of benzene rings is 2. The van der Waals surface area contributed by atoms with Gasteiger partial charge in [0, 0.05) is 11.3 Å². The van der Waals surface area contributed by atoms with Gasteiger partial charge >= 0.3 is 0 Å². The van der Waals surface area contributed by atoms with Crippen LogP contribution in [-0.4, -0.2) is 48.8 Å². The van der Waals surface area contributed by atoms with Gasteiger partial charge in [-0.15, -0.1) is 10.2 Å². The van der Waals surface area contributed by atoms with E-state index in [-0.39, 0.29) is 18.5 Å². The highest BCUT2D eigenvalue weighted by molar-refractivity contribution is 5.92. The van der Waals surface area contributed by atoms with E-state index in [0.29, 0.717) is 17.5 Å². The molecule has 0 saturated heterocycles. The van der Waals surface area contributed by atoms with Gasteiger partial charge in [-0.3, -0.25) is 9.69 Å². The lowest BCUT2D eigenvalue weighted by atomic mass is 10.2. The Morgan fingerprint density at radius 2 is 1.62 bits per heavy atom. The van der Waals surface area contributed by atoms with Crippen LogP contribution in [0.2, 0.25) is 0 Å². The molecule has 1 N–H and O–H groups in total. The summed E-state index contributed by atoms with van der Waals surface area (Å²) in [5.74, 6) is 2.21. The van der Waals surface area contributed by atoms with Gasteiger partial charge < -0.3 is 19.2 Å². The van der Waals surface area contributed by atoms with Crippen molar-refractivity contribution in [3.8, 4) is 23.0 Å². The number of hydrogen-bond acceptors (Lipinski definition) is 7. The molecule has 0 radical (unpaired) electrons. The van der Waals surface area contributed by atoms with Crippen molar-refractivity contribution in [2.24, 2.45) is 0 Å². The van der Waals surface area contributed by atoms with Crippen LogP contribution in [0.15, 0.2) is 52.9 Å². The van der Waals surface area contributed by atoms with Crippen LogP contribution in [0.25, 0.3) is 11.5 Å². The average Bonchev–Trinajstić information content (AvgIpc) is 3.24.